The number of aliphatic hydroxyl groups is 2. The SMILES string of the molecule is CC1(O)CCN(Cc2cccc(C#CCCO)c2)C1. The lowest BCUT2D eigenvalue weighted by Crippen LogP contribution is -2.29. The highest BCUT2D eigenvalue weighted by atomic mass is 16.3. The molecule has 0 saturated carbocycles. The van der Waals surface area contributed by atoms with E-state index in [0.29, 0.717) is 6.42 Å². The molecule has 1 atom stereocenters. The van der Waals surface area contributed by atoms with Crippen LogP contribution in [0.5, 0.6) is 0 Å². The van der Waals surface area contributed by atoms with Gasteiger partial charge in [-0.25, -0.2) is 0 Å². The molecular formula is C16H21NO2. The smallest absolute Gasteiger partial charge is 0.0758 e. The van der Waals surface area contributed by atoms with Crippen LogP contribution in [-0.2, 0) is 6.54 Å². The first-order chi connectivity index (χ1) is 9.09. The van der Waals surface area contributed by atoms with Crippen LogP contribution in [0.2, 0.25) is 0 Å². The molecule has 1 saturated heterocycles. The molecule has 0 bridgehead atoms. The molecule has 3 heteroatoms. The van der Waals surface area contributed by atoms with E-state index >= 15 is 0 Å². The Morgan fingerprint density at radius 3 is 2.95 bits per heavy atom. The maximum absolute atomic E-state index is 9.95. The lowest BCUT2D eigenvalue weighted by atomic mass is 10.1. The number of aliphatic hydroxyl groups excluding tert-OH is 1. The van der Waals surface area contributed by atoms with Gasteiger partial charge in [-0.3, -0.25) is 4.90 Å². The normalized spacial score (nSPS) is 23.1. The van der Waals surface area contributed by atoms with Crippen LogP contribution in [0.25, 0.3) is 0 Å². The van der Waals surface area contributed by atoms with Gasteiger partial charge in [0.2, 0.25) is 0 Å². The molecule has 1 aromatic carbocycles. The van der Waals surface area contributed by atoms with Gasteiger partial charge in [0.1, 0.15) is 0 Å². The summed E-state index contributed by atoms with van der Waals surface area (Å²) < 4.78 is 0. The predicted molar refractivity (Wildman–Crippen MR) is 75.5 cm³/mol. The molecule has 0 radical (unpaired) electrons. The number of hydrogen-bond acceptors (Lipinski definition) is 3. The second-order valence-corrected chi connectivity index (χ2v) is 5.43. The number of rotatable bonds is 3. The Morgan fingerprint density at radius 2 is 2.26 bits per heavy atom. The molecule has 1 fully saturated rings. The molecule has 19 heavy (non-hydrogen) atoms. The van der Waals surface area contributed by atoms with E-state index in [1.54, 1.807) is 0 Å². The summed E-state index contributed by atoms with van der Waals surface area (Å²) in [5.74, 6) is 5.98. The fourth-order valence-corrected chi connectivity index (χ4v) is 2.40. The number of hydrogen-bond donors (Lipinski definition) is 2. The maximum Gasteiger partial charge on any atom is 0.0758 e. The molecule has 2 rings (SSSR count). The van der Waals surface area contributed by atoms with Crippen molar-refractivity contribution in [2.75, 3.05) is 19.7 Å². The molecule has 1 heterocycles. The van der Waals surface area contributed by atoms with Gasteiger partial charge in [-0.1, -0.05) is 24.0 Å². The molecule has 102 valence electrons. The maximum atomic E-state index is 9.95. The van der Waals surface area contributed by atoms with Crippen molar-refractivity contribution in [3.63, 3.8) is 0 Å². The Bertz CT molecular complexity index is 485. The standard InChI is InChI=1S/C16H21NO2/c1-16(19)8-9-17(13-16)12-15-7-4-6-14(11-15)5-2-3-10-18/h4,6-7,11,18-19H,3,8-10,12-13H2,1H3. The summed E-state index contributed by atoms with van der Waals surface area (Å²) in [5, 5.41) is 18.7. The third kappa shape index (κ3) is 4.36. The minimum absolute atomic E-state index is 0.107. The van der Waals surface area contributed by atoms with Gasteiger partial charge >= 0.3 is 0 Å². The summed E-state index contributed by atoms with van der Waals surface area (Å²) in [6.07, 6.45) is 1.35. The van der Waals surface area contributed by atoms with E-state index in [0.717, 1.165) is 31.6 Å². The van der Waals surface area contributed by atoms with Crippen LogP contribution in [-0.4, -0.2) is 40.4 Å². The summed E-state index contributed by atoms with van der Waals surface area (Å²) in [6, 6.07) is 8.15. The van der Waals surface area contributed by atoms with Gasteiger partial charge in [-0.15, -0.1) is 0 Å². The Morgan fingerprint density at radius 1 is 1.42 bits per heavy atom. The fraction of sp³-hybridized carbons (Fsp3) is 0.500. The monoisotopic (exact) mass is 259 g/mol. The molecule has 0 aliphatic carbocycles. The van der Waals surface area contributed by atoms with Crippen LogP contribution in [0.15, 0.2) is 24.3 Å². The fourth-order valence-electron chi connectivity index (χ4n) is 2.40. The van der Waals surface area contributed by atoms with Crippen molar-refractivity contribution >= 4 is 0 Å². The first-order valence-electron chi connectivity index (χ1n) is 6.72. The van der Waals surface area contributed by atoms with Gasteiger partial charge in [-0.05, 0) is 31.0 Å². The minimum Gasteiger partial charge on any atom is -0.395 e. The largest absolute Gasteiger partial charge is 0.395 e. The van der Waals surface area contributed by atoms with Crippen LogP contribution in [0.3, 0.4) is 0 Å². The topological polar surface area (TPSA) is 43.7 Å². The van der Waals surface area contributed by atoms with Crippen molar-refractivity contribution in [2.24, 2.45) is 0 Å². The van der Waals surface area contributed by atoms with Crippen LogP contribution in [0, 0.1) is 11.8 Å². The van der Waals surface area contributed by atoms with Gasteiger partial charge in [0.05, 0.1) is 12.2 Å². The predicted octanol–water partition coefficient (Wildman–Crippen LogP) is 1.38. The molecule has 1 aliphatic rings. The van der Waals surface area contributed by atoms with Gasteiger partial charge < -0.3 is 10.2 Å². The minimum atomic E-state index is -0.543. The van der Waals surface area contributed by atoms with Crippen LogP contribution < -0.4 is 0 Å². The van der Waals surface area contributed by atoms with E-state index < -0.39 is 5.60 Å². The average molecular weight is 259 g/mol. The Balaban J connectivity index is 1.98. The number of β-amino-alcohol motifs (C(OH)–C–C–N with tert-alkyl or cyclic N) is 1. The zero-order chi connectivity index (χ0) is 13.7. The first kappa shape index (κ1) is 14.1. The van der Waals surface area contributed by atoms with Crippen molar-refractivity contribution in [3.05, 3.63) is 35.4 Å². The summed E-state index contributed by atoms with van der Waals surface area (Å²) in [4.78, 5) is 2.26. The highest BCUT2D eigenvalue weighted by molar-refractivity contribution is 5.37. The lowest BCUT2D eigenvalue weighted by molar-refractivity contribution is 0.0679. The van der Waals surface area contributed by atoms with Crippen molar-refractivity contribution in [1.82, 2.24) is 4.90 Å². The molecule has 1 unspecified atom stereocenters. The van der Waals surface area contributed by atoms with E-state index in [4.69, 9.17) is 5.11 Å². The van der Waals surface area contributed by atoms with Crippen molar-refractivity contribution in [3.8, 4) is 11.8 Å². The van der Waals surface area contributed by atoms with Crippen LogP contribution >= 0.6 is 0 Å². The second-order valence-electron chi connectivity index (χ2n) is 5.43. The number of benzene rings is 1. The van der Waals surface area contributed by atoms with E-state index in [1.807, 2.05) is 19.1 Å². The molecule has 0 amide bonds. The molecule has 2 N–H and O–H groups in total. The van der Waals surface area contributed by atoms with Gasteiger partial charge in [0.15, 0.2) is 0 Å². The molecule has 3 nitrogen and oxygen atoms in total. The van der Waals surface area contributed by atoms with Gasteiger partial charge in [0.25, 0.3) is 0 Å². The van der Waals surface area contributed by atoms with Gasteiger partial charge in [-0.2, -0.15) is 0 Å². The second kappa shape index (κ2) is 6.21. The summed E-state index contributed by atoms with van der Waals surface area (Å²) in [5.41, 5.74) is 1.66. The van der Waals surface area contributed by atoms with E-state index in [1.165, 1.54) is 5.56 Å². The number of nitrogens with zero attached hydrogens (tertiary/aromatic N) is 1. The Labute approximate surface area is 114 Å². The van der Waals surface area contributed by atoms with E-state index in [9.17, 15) is 5.11 Å². The van der Waals surface area contributed by atoms with E-state index in [2.05, 4.69) is 28.9 Å². The summed E-state index contributed by atoms with van der Waals surface area (Å²) >= 11 is 0. The van der Waals surface area contributed by atoms with Crippen LogP contribution in [0.1, 0.15) is 30.9 Å². The Kier molecular flexibility index (Phi) is 4.60. The third-order valence-electron chi connectivity index (χ3n) is 3.33. The molecule has 0 aromatic heterocycles. The lowest BCUT2D eigenvalue weighted by Gasteiger charge is -2.18. The molecular weight excluding hydrogens is 238 g/mol. The molecule has 1 aliphatic heterocycles. The Hall–Kier alpha value is -1.34. The van der Waals surface area contributed by atoms with Crippen molar-refractivity contribution in [1.29, 1.82) is 0 Å². The highest BCUT2D eigenvalue weighted by Gasteiger charge is 2.30. The van der Waals surface area contributed by atoms with Crippen LogP contribution in [0.4, 0.5) is 0 Å². The third-order valence-corrected chi connectivity index (χ3v) is 3.33. The zero-order valence-corrected chi connectivity index (χ0v) is 11.4. The first-order valence-corrected chi connectivity index (χ1v) is 6.72. The van der Waals surface area contributed by atoms with Crippen molar-refractivity contribution < 1.29 is 10.2 Å². The quantitative estimate of drug-likeness (QED) is 0.806. The summed E-state index contributed by atoms with van der Waals surface area (Å²) in [6.45, 7) is 4.52. The zero-order valence-electron chi connectivity index (χ0n) is 11.4. The number of likely N-dealkylation sites (tertiary alicyclic amines) is 1. The highest BCUT2D eigenvalue weighted by Crippen LogP contribution is 2.22. The molecule has 0 spiro atoms. The van der Waals surface area contributed by atoms with Gasteiger partial charge in [0, 0.05) is 31.6 Å². The van der Waals surface area contributed by atoms with E-state index in [-0.39, 0.29) is 6.61 Å². The summed E-state index contributed by atoms with van der Waals surface area (Å²) in [7, 11) is 0. The average Bonchev–Trinajstić information content (AvgIpc) is 2.69. The molecule has 1 aromatic rings. The van der Waals surface area contributed by atoms with Crippen molar-refractivity contribution in [2.45, 2.75) is 31.9 Å².